The van der Waals surface area contributed by atoms with E-state index in [9.17, 15) is 0 Å². The second kappa shape index (κ2) is 5.63. The molecule has 0 saturated heterocycles. The lowest BCUT2D eigenvalue weighted by Crippen LogP contribution is -2.02. The van der Waals surface area contributed by atoms with Crippen molar-refractivity contribution in [1.29, 1.82) is 0 Å². The number of benzene rings is 1. The second-order valence-electron chi connectivity index (χ2n) is 6.05. The van der Waals surface area contributed by atoms with Gasteiger partial charge in [-0.25, -0.2) is 4.68 Å². The zero-order valence-corrected chi connectivity index (χ0v) is 14.6. The van der Waals surface area contributed by atoms with E-state index in [1.165, 1.54) is 12.8 Å². The van der Waals surface area contributed by atoms with Gasteiger partial charge in [-0.2, -0.15) is 0 Å². The van der Waals surface area contributed by atoms with Gasteiger partial charge >= 0.3 is 0 Å². The standard InChI is InChI=1S/C16H17BrN4O2/c1-9-12(10(2)23-19-9)8-22-14-6-5-13-16(15(14)17)18-20-21(13)7-11-3-4-11/h5-6,11H,3-4,7-8H2,1-2H3. The van der Waals surface area contributed by atoms with E-state index in [-0.39, 0.29) is 0 Å². The van der Waals surface area contributed by atoms with E-state index in [0.29, 0.717) is 6.61 Å². The molecule has 0 radical (unpaired) electrons. The van der Waals surface area contributed by atoms with Crippen LogP contribution >= 0.6 is 15.9 Å². The van der Waals surface area contributed by atoms with Gasteiger partial charge < -0.3 is 9.26 Å². The fourth-order valence-corrected chi connectivity index (χ4v) is 3.16. The van der Waals surface area contributed by atoms with Crippen LogP contribution in [0.3, 0.4) is 0 Å². The first-order valence-corrected chi connectivity index (χ1v) is 8.49. The Morgan fingerprint density at radius 3 is 2.87 bits per heavy atom. The number of aryl methyl sites for hydroxylation is 2. The molecule has 0 unspecified atom stereocenters. The molecule has 4 rings (SSSR count). The Balaban J connectivity index is 1.59. The van der Waals surface area contributed by atoms with E-state index in [1.807, 2.05) is 30.7 Å². The van der Waals surface area contributed by atoms with Crippen molar-refractivity contribution in [2.24, 2.45) is 5.92 Å². The normalized spacial score (nSPS) is 14.6. The minimum Gasteiger partial charge on any atom is -0.487 e. The number of nitrogens with zero attached hydrogens (tertiary/aromatic N) is 4. The molecule has 120 valence electrons. The third-order valence-corrected chi connectivity index (χ3v) is 5.04. The van der Waals surface area contributed by atoms with Gasteiger partial charge in [0.1, 0.15) is 23.6 Å². The minimum atomic E-state index is 0.418. The molecule has 0 aliphatic heterocycles. The quantitative estimate of drug-likeness (QED) is 0.677. The average Bonchev–Trinajstić information content (AvgIpc) is 3.17. The van der Waals surface area contributed by atoms with Gasteiger partial charge in [-0.05, 0) is 60.7 Å². The number of halogens is 1. The number of aromatic nitrogens is 4. The lowest BCUT2D eigenvalue weighted by Gasteiger charge is -2.08. The molecule has 1 aromatic carbocycles. The summed E-state index contributed by atoms with van der Waals surface area (Å²) < 4.78 is 13.9. The van der Waals surface area contributed by atoms with Crippen molar-refractivity contribution in [3.63, 3.8) is 0 Å². The number of hydrogen-bond donors (Lipinski definition) is 0. The van der Waals surface area contributed by atoms with Gasteiger partial charge in [-0.3, -0.25) is 0 Å². The average molecular weight is 377 g/mol. The largest absolute Gasteiger partial charge is 0.487 e. The maximum Gasteiger partial charge on any atom is 0.140 e. The summed E-state index contributed by atoms with van der Waals surface area (Å²) in [7, 11) is 0. The second-order valence-corrected chi connectivity index (χ2v) is 6.84. The summed E-state index contributed by atoms with van der Waals surface area (Å²) >= 11 is 3.60. The Kier molecular flexibility index (Phi) is 3.60. The number of hydrogen-bond acceptors (Lipinski definition) is 5. The van der Waals surface area contributed by atoms with Crippen LogP contribution in [0, 0.1) is 19.8 Å². The monoisotopic (exact) mass is 376 g/mol. The Hall–Kier alpha value is -1.89. The van der Waals surface area contributed by atoms with Crippen LogP contribution in [0.5, 0.6) is 5.75 Å². The number of fused-ring (bicyclic) bond motifs is 1. The van der Waals surface area contributed by atoms with Crippen LogP contribution in [0.1, 0.15) is 29.9 Å². The van der Waals surface area contributed by atoms with Gasteiger partial charge in [0, 0.05) is 6.54 Å². The Labute approximate surface area is 141 Å². The molecule has 0 bridgehead atoms. The molecule has 0 N–H and O–H groups in total. The van der Waals surface area contributed by atoms with Crippen LogP contribution < -0.4 is 4.74 Å². The highest BCUT2D eigenvalue weighted by Gasteiger charge is 2.24. The molecule has 1 aliphatic carbocycles. The smallest absolute Gasteiger partial charge is 0.140 e. The van der Waals surface area contributed by atoms with E-state index in [2.05, 4.69) is 31.4 Å². The third-order valence-electron chi connectivity index (χ3n) is 4.27. The fraction of sp³-hybridized carbons (Fsp3) is 0.438. The zero-order chi connectivity index (χ0) is 16.0. The lowest BCUT2D eigenvalue weighted by atomic mass is 10.2. The Morgan fingerprint density at radius 2 is 2.17 bits per heavy atom. The molecule has 6 nitrogen and oxygen atoms in total. The van der Waals surface area contributed by atoms with Crippen molar-refractivity contribution < 1.29 is 9.26 Å². The van der Waals surface area contributed by atoms with Crippen LogP contribution in [0.2, 0.25) is 0 Å². The van der Waals surface area contributed by atoms with E-state index in [4.69, 9.17) is 9.26 Å². The van der Waals surface area contributed by atoms with Crippen molar-refractivity contribution in [1.82, 2.24) is 20.2 Å². The summed E-state index contributed by atoms with van der Waals surface area (Å²) in [5, 5.41) is 12.5. The highest BCUT2D eigenvalue weighted by atomic mass is 79.9. The van der Waals surface area contributed by atoms with Crippen LogP contribution in [-0.4, -0.2) is 20.2 Å². The van der Waals surface area contributed by atoms with Crippen LogP contribution in [0.25, 0.3) is 11.0 Å². The van der Waals surface area contributed by atoms with Gasteiger partial charge in [-0.1, -0.05) is 10.4 Å². The van der Waals surface area contributed by atoms with Crippen molar-refractivity contribution in [3.8, 4) is 5.75 Å². The summed E-state index contributed by atoms with van der Waals surface area (Å²) in [5.74, 6) is 2.29. The first-order valence-electron chi connectivity index (χ1n) is 7.69. The SMILES string of the molecule is Cc1noc(C)c1COc1ccc2c(nnn2CC2CC2)c1Br. The first kappa shape index (κ1) is 14.7. The topological polar surface area (TPSA) is 66.0 Å². The maximum atomic E-state index is 5.93. The van der Waals surface area contributed by atoms with Crippen LogP contribution in [-0.2, 0) is 13.2 Å². The molecule has 0 spiro atoms. The lowest BCUT2D eigenvalue weighted by molar-refractivity contribution is 0.300. The molecule has 1 aliphatic rings. The van der Waals surface area contributed by atoms with Crippen molar-refractivity contribution in [2.75, 3.05) is 0 Å². The molecule has 1 fully saturated rings. The van der Waals surface area contributed by atoms with E-state index in [0.717, 1.165) is 50.7 Å². The van der Waals surface area contributed by atoms with E-state index >= 15 is 0 Å². The molecule has 2 heterocycles. The van der Waals surface area contributed by atoms with Crippen LogP contribution in [0.15, 0.2) is 21.1 Å². The van der Waals surface area contributed by atoms with Gasteiger partial charge in [0.15, 0.2) is 0 Å². The molecule has 1 saturated carbocycles. The summed E-state index contributed by atoms with van der Waals surface area (Å²) in [4.78, 5) is 0. The predicted molar refractivity (Wildman–Crippen MR) is 88.3 cm³/mol. The van der Waals surface area contributed by atoms with E-state index < -0.39 is 0 Å². The van der Waals surface area contributed by atoms with Gasteiger partial charge in [-0.15, -0.1) is 5.10 Å². The molecular formula is C16H17BrN4O2. The Bertz CT molecular complexity index is 847. The first-order chi connectivity index (χ1) is 11.1. The van der Waals surface area contributed by atoms with Crippen molar-refractivity contribution in [3.05, 3.63) is 33.6 Å². The number of ether oxygens (including phenoxy) is 1. The molecule has 3 aromatic rings. The predicted octanol–water partition coefficient (Wildman–Crippen LogP) is 3.79. The molecule has 2 aromatic heterocycles. The summed E-state index contributed by atoms with van der Waals surface area (Å²) in [6.45, 7) is 5.17. The summed E-state index contributed by atoms with van der Waals surface area (Å²) in [6.07, 6.45) is 2.59. The Morgan fingerprint density at radius 1 is 1.35 bits per heavy atom. The maximum absolute atomic E-state index is 5.93. The minimum absolute atomic E-state index is 0.418. The molecule has 23 heavy (non-hydrogen) atoms. The molecule has 0 atom stereocenters. The zero-order valence-electron chi connectivity index (χ0n) is 13.0. The van der Waals surface area contributed by atoms with Crippen molar-refractivity contribution >= 4 is 27.0 Å². The highest BCUT2D eigenvalue weighted by Crippen LogP contribution is 2.35. The number of rotatable bonds is 5. The van der Waals surface area contributed by atoms with Gasteiger partial charge in [0.05, 0.1) is 21.2 Å². The van der Waals surface area contributed by atoms with Gasteiger partial charge in [0.25, 0.3) is 0 Å². The van der Waals surface area contributed by atoms with Crippen molar-refractivity contribution in [2.45, 2.75) is 39.8 Å². The fourth-order valence-electron chi connectivity index (χ4n) is 2.64. The molecular weight excluding hydrogens is 360 g/mol. The third kappa shape index (κ3) is 2.73. The molecule has 0 amide bonds. The highest BCUT2D eigenvalue weighted by molar-refractivity contribution is 9.10. The molecule has 7 heteroatoms. The summed E-state index contributed by atoms with van der Waals surface area (Å²) in [5.41, 5.74) is 3.71. The van der Waals surface area contributed by atoms with Gasteiger partial charge in [0.2, 0.25) is 0 Å². The summed E-state index contributed by atoms with van der Waals surface area (Å²) in [6, 6.07) is 3.97. The van der Waals surface area contributed by atoms with Crippen LogP contribution in [0.4, 0.5) is 0 Å². The van der Waals surface area contributed by atoms with E-state index in [1.54, 1.807) is 0 Å².